The van der Waals surface area contributed by atoms with Gasteiger partial charge in [0.15, 0.2) is 5.69 Å². The summed E-state index contributed by atoms with van der Waals surface area (Å²) in [5, 5.41) is 18.9. The molecule has 0 aliphatic carbocycles. The zero-order chi connectivity index (χ0) is 15.0. The number of aliphatic hydroxyl groups is 1. The topological polar surface area (TPSA) is 95.8 Å². The van der Waals surface area contributed by atoms with E-state index in [2.05, 4.69) is 9.97 Å². The van der Waals surface area contributed by atoms with Gasteiger partial charge in [0, 0.05) is 36.7 Å². The van der Waals surface area contributed by atoms with Gasteiger partial charge >= 0.3 is 5.97 Å². The van der Waals surface area contributed by atoms with Crippen LogP contribution in [-0.2, 0) is 4.74 Å². The zero-order valence-electron chi connectivity index (χ0n) is 11.9. The number of fused-ring (bicyclic) bond motifs is 1. The van der Waals surface area contributed by atoms with E-state index in [0.717, 1.165) is 6.42 Å². The third kappa shape index (κ3) is 2.47. The van der Waals surface area contributed by atoms with E-state index in [1.807, 2.05) is 4.90 Å². The van der Waals surface area contributed by atoms with Crippen molar-refractivity contribution in [1.29, 1.82) is 0 Å². The minimum absolute atomic E-state index is 0.00155. The number of aryl methyl sites for hydroxylation is 1. The van der Waals surface area contributed by atoms with Gasteiger partial charge in [-0.05, 0) is 19.4 Å². The highest BCUT2D eigenvalue weighted by atomic mass is 16.5. The number of nitrogens with zero attached hydrogens (tertiary/aromatic N) is 3. The molecule has 3 rings (SSSR count). The average molecular weight is 293 g/mol. The van der Waals surface area contributed by atoms with Crippen LogP contribution in [0.2, 0.25) is 0 Å². The number of carboxylic acids is 1. The Hall–Kier alpha value is -1.73. The summed E-state index contributed by atoms with van der Waals surface area (Å²) in [4.78, 5) is 21.6. The van der Waals surface area contributed by atoms with Crippen LogP contribution in [0.4, 0.5) is 5.95 Å². The maximum Gasteiger partial charge on any atom is 0.354 e. The Balaban J connectivity index is 1.90. The summed E-state index contributed by atoms with van der Waals surface area (Å²) in [6.07, 6.45) is 0.808. The molecule has 2 saturated heterocycles. The van der Waals surface area contributed by atoms with E-state index in [1.54, 1.807) is 6.92 Å². The van der Waals surface area contributed by atoms with Crippen LogP contribution in [0.5, 0.6) is 0 Å². The molecule has 2 atom stereocenters. The van der Waals surface area contributed by atoms with E-state index in [1.165, 1.54) is 6.07 Å². The van der Waals surface area contributed by atoms with E-state index in [4.69, 9.17) is 9.84 Å². The maximum atomic E-state index is 11.1. The molecule has 7 heteroatoms. The second-order valence-electron chi connectivity index (χ2n) is 5.92. The van der Waals surface area contributed by atoms with Crippen molar-refractivity contribution in [2.24, 2.45) is 11.3 Å². The maximum absolute atomic E-state index is 11.1. The molecule has 1 aromatic heterocycles. The molecule has 2 fully saturated rings. The summed E-state index contributed by atoms with van der Waals surface area (Å²) < 4.78 is 5.51. The van der Waals surface area contributed by atoms with Crippen LogP contribution in [0.3, 0.4) is 0 Å². The van der Waals surface area contributed by atoms with E-state index in [-0.39, 0.29) is 23.6 Å². The van der Waals surface area contributed by atoms with Crippen LogP contribution in [0.25, 0.3) is 0 Å². The first kappa shape index (κ1) is 14.2. The lowest BCUT2D eigenvalue weighted by molar-refractivity contribution is -0.0410. The Kier molecular flexibility index (Phi) is 3.54. The molecule has 2 N–H and O–H groups in total. The van der Waals surface area contributed by atoms with E-state index >= 15 is 0 Å². The summed E-state index contributed by atoms with van der Waals surface area (Å²) in [5.41, 5.74) is 0.442. The first-order chi connectivity index (χ1) is 10.0. The number of aromatic carboxylic acids is 1. The van der Waals surface area contributed by atoms with Gasteiger partial charge in [-0.3, -0.25) is 0 Å². The molecule has 114 valence electrons. The number of aliphatic hydroxyl groups excluding tert-OH is 1. The number of ether oxygens (including phenoxy) is 1. The zero-order valence-corrected chi connectivity index (χ0v) is 11.9. The van der Waals surface area contributed by atoms with Gasteiger partial charge < -0.3 is 19.8 Å². The number of hydrogen-bond acceptors (Lipinski definition) is 6. The Bertz CT molecular complexity index is 565. The molecule has 7 nitrogen and oxygen atoms in total. The number of carboxylic acid groups (broad SMARTS) is 1. The molecule has 0 bridgehead atoms. The molecule has 3 heterocycles. The Morgan fingerprint density at radius 3 is 3.05 bits per heavy atom. The van der Waals surface area contributed by atoms with Crippen molar-refractivity contribution in [3.8, 4) is 0 Å². The van der Waals surface area contributed by atoms with Crippen molar-refractivity contribution in [1.82, 2.24) is 9.97 Å². The predicted molar refractivity (Wildman–Crippen MR) is 74.4 cm³/mol. The van der Waals surface area contributed by atoms with Crippen molar-refractivity contribution in [3.05, 3.63) is 17.5 Å². The van der Waals surface area contributed by atoms with Crippen molar-refractivity contribution in [2.45, 2.75) is 13.3 Å². The number of aromatic nitrogens is 2. The second kappa shape index (κ2) is 5.23. The third-order valence-corrected chi connectivity index (χ3v) is 4.54. The number of rotatable bonds is 3. The number of anilines is 1. The molecule has 2 aliphatic heterocycles. The van der Waals surface area contributed by atoms with Gasteiger partial charge in [0.2, 0.25) is 5.95 Å². The SMILES string of the molecule is Cc1cc(C(=O)O)nc(N2C[C@@H]3COCC[C@]3(CO)C2)n1. The Morgan fingerprint density at radius 1 is 1.57 bits per heavy atom. The molecule has 0 amide bonds. The summed E-state index contributed by atoms with van der Waals surface area (Å²) in [7, 11) is 0. The van der Waals surface area contributed by atoms with Crippen LogP contribution < -0.4 is 4.90 Å². The van der Waals surface area contributed by atoms with Crippen molar-refractivity contribution in [2.75, 3.05) is 37.8 Å². The molecule has 0 aromatic carbocycles. The third-order valence-electron chi connectivity index (χ3n) is 4.54. The van der Waals surface area contributed by atoms with Crippen LogP contribution >= 0.6 is 0 Å². The second-order valence-corrected chi connectivity index (χ2v) is 5.92. The van der Waals surface area contributed by atoms with Gasteiger partial charge in [0.25, 0.3) is 0 Å². The molecule has 0 radical (unpaired) electrons. The highest BCUT2D eigenvalue weighted by molar-refractivity contribution is 5.85. The van der Waals surface area contributed by atoms with Gasteiger partial charge in [-0.15, -0.1) is 0 Å². The molecule has 2 aliphatic rings. The van der Waals surface area contributed by atoms with Crippen LogP contribution in [-0.4, -0.2) is 59.1 Å². The molecule has 0 spiro atoms. The lowest BCUT2D eigenvalue weighted by atomic mass is 9.75. The van der Waals surface area contributed by atoms with E-state index in [0.29, 0.717) is 37.9 Å². The summed E-state index contributed by atoms with van der Waals surface area (Å²) in [6.45, 7) is 4.46. The monoisotopic (exact) mass is 293 g/mol. The van der Waals surface area contributed by atoms with E-state index < -0.39 is 5.97 Å². The molecule has 1 aromatic rings. The highest BCUT2D eigenvalue weighted by Gasteiger charge is 2.48. The molecular weight excluding hydrogens is 274 g/mol. The fourth-order valence-corrected chi connectivity index (χ4v) is 3.26. The Labute approximate surface area is 122 Å². The normalized spacial score (nSPS) is 28.5. The fraction of sp³-hybridized carbons (Fsp3) is 0.643. The largest absolute Gasteiger partial charge is 0.477 e. The lowest BCUT2D eigenvalue weighted by Gasteiger charge is -2.36. The van der Waals surface area contributed by atoms with Gasteiger partial charge in [0.05, 0.1) is 13.2 Å². The Morgan fingerprint density at radius 2 is 2.38 bits per heavy atom. The van der Waals surface area contributed by atoms with Gasteiger partial charge in [-0.25, -0.2) is 14.8 Å². The first-order valence-electron chi connectivity index (χ1n) is 7.06. The summed E-state index contributed by atoms with van der Waals surface area (Å²) in [5.74, 6) is -0.401. The van der Waals surface area contributed by atoms with Gasteiger partial charge in [0.1, 0.15) is 0 Å². The molecule has 0 saturated carbocycles. The quantitative estimate of drug-likeness (QED) is 0.828. The number of carbonyl (C=O) groups is 1. The molecule has 21 heavy (non-hydrogen) atoms. The minimum Gasteiger partial charge on any atom is -0.477 e. The van der Waals surface area contributed by atoms with Crippen molar-refractivity contribution >= 4 is 11.9 Å². The summed E-state index contributed by atoms with van der Waals surface area (Å²) >= 11 is 0. The molecular formula is C14H19N3O4. The summed E-state index contributed by atoms with van der Waals surface area (Å²) in [6, 6.07) is 1.46. The van der Waals surface area contributed by atoms with Crippen molar-refractivity contribution in [3.63, 3.8) is 0 Å². The van der Waals surface area contributed by atoms with Gasteiger partial charge in [-0.1, -0.05) is 0 Å². The average Bonchev–Trinajstić information content (AvgIpc) is 2.86. The van der Waals surface area contributed by atoms with Gasteiger partial charge in [-0.2, -0.15) is 0 Å². The van der Waals surface area contributed by atoms with E-state index in [9.17, 15) is 9.90 Å². The minimum atomic E-state index is -1.06. The lowest BCUT2D eigenvalue weighted by Crippen LogP contribution is -2.41. The van der Waals surface area contributed by atoms with Crippen LogP contribution in [0, 0.1) is 18.3 Å². The highest BCUT2D eigenvalue weighted by Crippen LogP contribution is 2.42. The first-order valence-corrected chi connectivity index (χ1v) is 7.06. The smallest absolute Gasteiger partial charge is 0.354 e. The fourth-order valence-electron chi connectivity index (χ4n) is 3.26. The van der Waals surface area contributed by atoms with Crippen LogP contribution in [0.15, 0.2) is 6.07 Å². The molecule has 0 unspecified atom stereocenters. The number of hydrogen-bond donors (Lipinski definition) is 2. The standard InChI is InChI=1S/C14H19N3O4/c1-9-4-11(12(19)20)16-13(15-9)17-5-10-6-21-3-2-14(10,7-17)8-18/h4,10,18H,2-3,5-8H2,1H3,(H,19,20)/t10-,14-/m1/s1. The van der Waals surface area contributed by atoms with Crippen molar-refractivity contribution < 1.29 is 19.7 Å². The predicted octanol–water partition coefficient (Wildman–Crippen LogP) is 0.318. The van der Waals surface area contributed by atoms with Crippen LogP contribution in [0.1, 0.15) is 22.6 Å².